The van der Waals surface area contributed by atoms with Gasteiger partial charge in [-0.15, -0.1) is 0 Å². The van der Waals surface area contributed by atoms with Crippen molar-refractivity contribution >= 4 is 5.97 Å². The molecule has 0 heterocycles. The van der Waals surface area contributed by atoms with E-state index in [4.69, 9.17) is 4.74 Å². The van der Waals surface area contributed by atoms with Gasteiger partial charge < -0.3 is 5.11 Å². The Bertz CT molecular complexity index is 1180. The average Bonchev–Trinajstić information content (AvgIpc) is 2.80. The van der Waals surface area contributed by atoms with Crippen molar-refractivity contribution in [3.05, 3.63) is 66.8 Å². The number of alkyl halides is 2. The fraction of sp³-hybridized carbons (Fsp3) is 0.606. The number of ether oxygens (including phenoxy) is 1. The topological polar surface area (TPSA) is 46.5 Å². The zero-order valence-electron chi connectivity index (χ0n) is 23.8. The Morgan fingerprint density at radius 3 is 1.90 bits per heavy atom. The molecule has 4 fully saturated rings. The van der Waals surface area contributed by atoms with Crippen molar-refractivity contribution in [2.75, 3.05) is 6.61 Å². The van der Waals surface area contributed by atoms with E-state index < -0.39 is 29.3 Å². The average molecular weight is 652 g/mol. The van der Waals surface area contributed by atoms with Crippen LogP contribution in [0, 0.1) is 24.4 Å². The van der Waals surface area contributed by atoms with Gasteiger partial charge in [-0.25, -0.2) is 0 Å². The molecule has 2 atom stereocenters. The molecule has 4 bridgehead atoms. The van der Waals surface area contributed by atoms with Crippen LogP contribution in [0.15, 0.2) is 48.5 Å². The first kappa shape index (κ1) is 29.0. The minimum absolute atomic E-state index is 0.00768. The van der Waals surface area contributed by atoms with Gasteiger partial charge in [-0.1, -0.05) is 0 Å². The maximum atomic E-state index is 15.2. The molecular weight excluding hydrogens is 609 g/mol. The van der Waals surface area contributed by atoms with Crippen LogP contribution in [-0.4, -0.2) is 29.2 Å². The molecule has 4 aliphatic rings. The summed E-state index contributed by atoms with van der Waals surface area (Å²) in [7, 11) is 0. The van der Waals surface area contributed by atoms with E-state index in [1.54, 1.807) is 13.8 Å². The van der Waals surface area contributed by atoms with Crippen LogP contribution in [0.1, 0.15) is 90.7 Å². The Morgan fingerprint density at radius 1 is 0.897 bits per heavy atom. The van der Waals surface area contributed by atoms with Gasteiger partial charge in [0.05, 0.1) is 5.60 Å². The van der Waals surface area contributed by atoms with Crippen molar-refractivity contribution in [3.8, 4) is 0 Å². The summed E-state index contributed by atoms with van der Waals surface area (Å²) >= 11 is -0.370. The zero-order valence-corrected chi connectivity index (χ0v) is 26.0. The van der Waals surface area contributed by atoms with Crippen molar-refractivity contribution in [2.24, 2.45) is 17.3 Å². The van der Waals surface area contributed by atoms with E-state index in [9.17, 15) is 9.90 Å². The Morgan fingerprint density at radius 2 is 1.41 bits per heavy atom. The van der Waals surface area contributed by atoms with Crippen LogP contribution in [0.3, 0.4) is 0 Å². The molecule has 6 heteroatoms. The molecule has 2 unspecified atom stereocenters. The van der Waals surface area contributed by atoms with Gasteiger partial charge in [0.2, 0.25) is 0 Å². The first-order chi connectivity index (χ1) is 18.1. The van der Waals surface area contributed by atoms with Crippen LogP contribution in [0.5, 0.6) is 0 Å². The van der Waals surface area contributed by atoms with Crippen molar-refractivity contribution in [2.45, 2.75) is 102 Å². The Labute approximate surface area is 242 Å². The molecule has 2 aromatic carbocycles. The predicted molar refractivity (Wildman–Crippen MR) is 145 cm³/mol. The molecule has 2 aromatic rings. The van der Waals surface area contributed by atoms with Crippen molar-refractivity contribution < 1.29 is 44.6 Å². The summed E-state index contributed by atoms with van der Waals surface area (Å²) in [5, 5.41) is 10.9. The SMILES string of the molecule is CC(C)(C)c1ccc([I-]c2ccc(C(C)(C)CC(F)(F)C(=O)OCC34CC5CC(CC(O)(C5)C3)C4)cc2)cc1. The number of esters is 1. The summed E-state index contributed by atoms with van der Waals surface area (Å²) in [5.74, 6) is -4.17. The van der Waals surface area contributed by atoms with Crippen molar-refractivity contribution in [3.63, 3.8) is 0 Å². The Kier molecular flexibility index (Phi) is 7.48. The number of carbonyl (C=O) groups is 1. The second-order valence-corrected chi connectivity index (χ2v) is 17.4. The fourth-order valence-corrected chi connectivity index (χ4v) is 9.88. The number of halogens is 3. The Hall–Kier alpha value is -1.54. The summed E-state index contributed by atoms with van der Waals surface area (Å²) in [4.78, 5) is 12.7. The van der Waals surface area contributed by atoms with E-state index in [0.29, 0.717) is 18.3 Å². The van der Waals surface area contributed by atoms with E-state index in [2.05, 4.69) is 45.0 Å². The molecular formula is C33H42F2IO3-. The molecule has 3 nitrogen and oxygen atoms in total. The monoisotopic (exact) mass is 651 g/mol. The van der Waals surface area contributed by atoms with Crippen molar-refractivity contribution in [1.82, 2.24) is 0 Å². The molecule has 0 aromatic heterocycles. The molecule has 6 rings (SSSR count). The van der Waals surface area contributed by atoms with Gasteiger partial charge in [-0.3, -0.25) is 0 Å². The van der Waals surface area contributed by atoms with E-state index in [0.717, 1.165) is 37.7 Å². The molecule has 0 aliphatic heterocycles. The normalized spacial score (nSPS) is 28.6. The van der Waals surface area contributed by atoms with Gasteiger partial charge in [0.1, 0.15) is 0 Å². The molecule has 0 amide bonds. The molecule has 1 N–H and O–H groups in total. The van der Waals surface area contributed by atoms with Crippen LogP contribution in [0.2, 0.25) is 0 Å². The van der Waals surface area contributed by atoms with Gasteiger partial charge in [-0.05, 0) is 31.1 Å². The zero-order chi connectivity index (χ0) is 28.3. The van der Waals surface area contributed by atoms with E-state index in [1.165, 1.54) is 12.7 Å². The van der Waals surface area contributed by atoms with Crippen LogP contribution in [-0.2, 0) is 20.4 Å². The van der Waals surface area contributed by atoms with E-state index in [1.807, 2.05) is 24.3 Å². The van der Waals surface area contributed by atoms with Crippen molar-refractivity contribution in [1.29, 1.82) is 0 Å². The summed E-state index contributed by atoms with van der Waals surface area (Å²) in [6, 6.07) is 16.7. The van der Waals surface area contributed by atoms with Gasteiger partial charge in [-0.2, -0.15) is 0 Å². The second-order valence-electron chi connectivity index (χ2n) is 14.4. The third-order valence-corrected chi connectivity index (χ3v) is 11.9. The molecule has 0 spiro atoms. The van der Waals surface area contributed by atoms with Crippen LogP contribution < -0.4 is 21.2 Å². The molecule has 39 heavy (non-hydrogen) atoms. The number of rotatable bonds is 8. The predicted octanol–water partition coefficient (Wildman–Crippen LogP) is 4.29. The molecule has 4 aliphatic carbocycles. The number of hydrogen-bond acceptors (Lipinski definition) is 3. The molecule has 0 radical (unpaired) electrons. The summed E-state index contributed by atoms with van der Waals surface area (Å²) in [5.41, 5.74) is 0.271. The number of benzene rings is 2. The van der Waals surface area contributed by atoms with Crippen LogP contribution in [0.4, 0.5) is 8.78 Å². The fourth-order valence-electron chi connectivity index (χ4n) is 7.73. The minimum atomic E-state index is -3.58. The second kappa shape index (κ2) is 10.1. The van der Waals surface area contributed by atoms with Crippen LogP contribution in [0.25, 0.3) is 0 Å². The van der Waals surface area contributed by atoms with E-state index >= 15 is 8.78 Å². The molecule has 0 saturated heterocycles. The van der Waals surface area contributed by atoms with Crippen LogP contribution >= 0.6 is 0 Å². The quantitative estimate of drug-likeness (QED) is 0.343. The van der Waals surface area contributed by atoms with E-state index in [-0.39, 0.29) is 38.6 Å². The van der Waals surface area contributed by atoms with Gasteiger partial charge in [0.25, 0.3) is 0 Å². The summed E-state index contributed by atoms with van der Waals surface area (Å²) in [6.45, 7) is 10.1. The molecule has 214 valence electrons. The van der Waals surface area contributed by atoms with Gasteiger partial charge in [0.15, 0.2) is 0 Å². The first-order valence-corrected chi connectivity index (χ1v) is 16.4. The third-order valence-electron chi connectivity index (χ3n) is 9.18. The number of carbonyl (C=O) groups excluding carboxylic acids is 1. The molecule has 4 saturated carbocycles. The number of hydrogen-bond donors (Lipinski definition) is 1. The maximum absolute atomic E-state index is 15.2. The first-order valence-electron chi connectivity index (χ1n) is 14.2. The summed E-state index contributed by atoms with van der Waals surface area (Å²) in [6.07, 6.45) is 4.39. The Balaban J connectivity index is 1.19. The number of aliphatic hydroxyl groups is 1. The van der Waals surface area contributed by atoms with Gasteiger partial charge >= 0.3 is 201 Å². The summed E-state index contributed by atoms with van der Waals surface area (Å²) < 4.78 is 38.3. The standard InChI is InChI=1S/C33H42F2IO3/c1-29(2,3)24-6-10-26(11-7-24)36-27-12-8-25(9-13-27)30(4,5)19-33(34,35)28(37)39-21-31-15-22-14-23(16-31)18-32(38,17-22)20-31/h6-13,22-23,38H,14-21H2,1-5H3/q-1. The van der Waals surface area contributed by atoms with Gasteiger partial charge in [0, 0.05) is 0 Å². The third kappa shape index (κ3) is 6.37.